The first-order valence-corrected chi connectivity index (χ1v) is 9.71. The molecule has 4 saturated heterocycles. The van der Waals surface area contributed by atoms with Gasteiger partial charge in [0.2, 0.25) is 0 Å². The average Bonchev–Trinajstić information content (AvgIpc) is 2.95. The Morgan fingerprint density at radius 2 is 2.11 bits per heavy atom. The summed E-state index contributed by atoms with van der Waals surface area (Å²) in [5, 5.41) is 0.755. The topological polar surface area (TPSA) is 12.5 Å². The second kappa shape index (κ2) is 3.50. The summed E-state index contributed by atoms with van der Waals surface area (Å²) < 4.78 is 7.59. The van der Waals surface area contributed by atoms with E-state index in [0.717, 1.165) is 33.6 Å². The predicted octanol–water partition coefficient (Wildman–Crippen LogP) is 3.58. The van der Waals surface area contributed by atoms with Gasteiger partial charge in [-0.15, -0.1) is 23.5 Å². The molecule has 106 valence electrons. The van der Waals surface area contributed by atoms with E-state index in [4.69, 9.17) is 4.74 Å². The summed E-state index contributed by atoms with van der Waals surface area (Å²) in [4.78, 5) is 2.88. The minimum Gasteiger partial charge on any atom is -0.343 e. The van der Waals surface area contributed by atoms with E-state index in [1.807, 2.05) is 0 Å². The van der Waals surface area contributed by atoms with E-state index in [9.17, 15) is 0 Å². The maximum absolute atomic E-state index is 6.77. The molecule has 1 saturated carbocycles. The standard InChI is InChI=1S/C15H23NOS2/c1-4-5-6-16-12-8-7-9-11-10(8)14(16,2)17-15(11,3)19-13(9)18-12/h8-13H,4-7H2,1-3H3/t8-,9+,10-,11-,12-,13-,14+,15+/m1/s1. The van der Waals surface area contributed by atoms with Crippen molar-refractivity contribution in [3.63, 3.8) is 0 Å². The van der Waals surface area contributed by atoms with E-state index >= 15 is 0 Å². The molecule has 0 aromatic carbocycles. The molecule has 5 fully saturated rings. The van der Waals surface area contributed by atoms with Crippen LogP contribution >= 0.6 is 23.5 Å². The molecule has 19 heavy (non-hydrogen) atoms. The van der Waals surface area contributed by atoms with E-state index in [1.165, 1.54) is 25.8 Å². The molecule has 0 amide bonds. The quantitative estimate of drug-likeness (QED) is 0.789. The van der Waals surface area contributed by atoms with E-state index in [2.05, 4.69) is 49.2 Å². The van der Waals surface area contributed by atoms with Crippen molar-refractivity contribution in [2.75, 3.05) is 6.54 Å². The molecular formula is C15H23NOS2. The van der Waals surface area contributed by atoms with Crippen LogP contribution in [-0.4, -0.2) is 32.1 Å². The molecule has 0 aromatic rings. The van der Waals surface area contributed by atoms with E-state index in [0.29, 0.717) is 0 Å². The Labute approximate surface area is 124 Å². The highest BCUT2D eigenvalue weighted by molar-refractivity contribution is 8.18. The highest BCUT2D eigenvalue weighted by Gasteiger charge is 2.79. The lowest BCUT2D eigenvalue weighted by atomic mass is 9.83. The Balaban J connectivity index is 1.61. The highest BCUT2D eigenvalue weighted by Crippen LogP contribution is 2.79. The van der Waals surface area contributed by atoms with Gasteiger partial charge in [0.25, 0.3) is 0 Å². The van der Waals surface area contributed by atoms with Crippen molar-refractivity contribution in [3.05, 3.63) is 0 Å². The molecule has 0 N–H and O–H groups in total. The molecule has 2 nitrogen and oxygen atoms in total. The molecule has 4 heteroatoms. The van der Waals surface area contributed by atoms with Crippen LogP contribution in [0.1, 0.15) is 40.0 Å². The van der Waals surface area contributed by atoms with E-state index < -0.39 is 0 Å². The zero-order chi connectivity index (χ0) is 13.0. The van der Waals surface area contributed by atoms with Crippen molar-refractivity contribution >= 4 is 23.5 Å². The summed E-state index contributed by atoms with van der Waals surface area (Å²) in [5.41, 5.74) is 0.0457. The largest absolute Gasteiger partial charge is 0.343 e. The number of ether oxygens (including phenoxy) is 1. The van der Waals surface area contributed by atoms with Crippen LogP contribution in [0, 0.1) is 23.7 Å². The van der Waals surface area contributed by atoms with Gasteiger partial charge in [-0.3, -0.25) is 4.90 Å². The Morgan fingerprint density at radius 1 is 1.26 bits per heavy atom. The molecule has 0 spiro atoms. The van der Waals surface area contributed by atoms with Crippen LogP contribution in [0.5, 0.6) is 0 Å². The van der Waals surface area contributed by atoms with Gasteiger partial charge < -0.3 is 4.74 Å². The predicted molar refractivity (Wildman–Crippen MR) is 80.8 cm³/mol. The van der Waals surface area contributed by atoms with Crippen molar-refractivity contribution in [2.45, 2.75) is 60.6 Å². The second-order valence-electron chi connectivity index (χ2n) is 7.35. The van der Waals surface area contributed by atoms with Crippen LogP contribution < -0.4 is 0 Å². The summed E-state index contributed by atoms with van der Waals surface area (Å²) in [7, 11) is 0. The summed E-state index contributed by atoms with van der Waals surface area (Å²) in [6.07, 6.45) is 4.10. The molecule has 0 unspecified atom stereocenters. The van der Waals surface area contributed by atoms with Gasteiger partial charge in [0, 0.05) is 18.4 Å². The zero-order valence-electron chi connectivity index (χ0n) is 12.0. The van der Waals surface area contributed by atoms with Gasteiger partial charge >= 0.3 is 0 Å². The third kappa shape index (κ3) is 1.19. The molecule has 0 radical (unpaired) electrons. The highest BCUT2D eigenvalue weighted by atomic mass is 32.2. The Hall–Kier alpha value is 0.620. The van der Waals surface area contributed by atoms with Gasteiger partial charge in [0.05, 0.1) is 9.96 Å². The number of hydrogen-bond donors (Lipinski definition) is 0. The number of nitrogens with zero attached hydrogens (tertiary/aromatic N) is 1. The Kier molecular flexibility index (Phi) is 2.25. The van der Waals surface area contributed by atoms with Gasteiger partial charge in [0.1, 0.15) is 10.7 Å². The fourth-order valence-corrected chi connectivity index (χ4v) is 10.4. The third-order valence-electron chi connectivity index (χ3n) is 6.46. The number of unbranched alkanes of at least 4 members (excludes halogenated alkanes) is 1. The average molecular weight is 297 g/mol. The van der Waals surface area contributed by atoms with Gasteiger partial charge in [-0.2, -0.15) is 0 Å². The lowest BCUT2D eigenvalue weighted by Crippen LogP contribution is -2.50. The number of rotatable bonds is 3. The smallest absolute Gasteiger partial charge is 0.125 e. The summed E-state index contributed by atoms with van der Waals surface area (Å²) in [6.45, 7) is 8.34. The molecule has 5 rings (SSSR count). The fourth-order valence-electron chi connectivity index (χ4n) is 5.98. The zero-order valence-corrected chi connectivity index (χ0v) is 13.6. The summed E-state index contributed by atoms with van der Waals surface area (Å²) >= 11 is 4.45. The first-order chi connectivity index (χ1) is 9.08. The van der Waals surface area contributed by atoms with Gasteiger partial charge in [-0.25, -0.2) is 0 Å². The van der Waals surface area contributed by atoms with Crippen molar-refractivity contribution < 1.29 is 4.74 Å². The minimum absolute atomic E-state index is 0.0457. The number of thioether (sulfide) groups is 2. The summed E-state index contributed by atoms with van der Waals surface area (Å²) in [6, 6.07) is 0. The van der Waals surface area contributed by atoms with Gasteiger partial charge in [-0.1, -0.05) is 13.3 Å². The minimum atomic E-state index is 0.0457. The van der Waals surface area contributed by atoms with E-state index in [1.54, 1.807) is 0 Å². The van der Waals surface area contributed by atoms with Crippen LogP contribution in [-0.2, 0) is 4.74 Å². The SMILES string of the molecule is CCCCN1[C@@H]2S[C@@H]3S[C@]4(C)O[C@@]1(C)[C@@H]1[C@H]2C[C@H]3[C@H]14. The van der Waals surface area contributed by atoms with Crippen LogP contribution in [0.15, 0.2) is 0 Å². The monoisotopic (exact) mass is 297 g/mol. The van der Waals surface area contributed by atoms with Crippen LogP contribution in [0.4, 0.5) is 0 Å². The third-order valence-corrected chi connectivity index (χ3v) is 9.98. The molecule has 8 atom stereocenters. The lowest BCUT2D eigenvalue weighted by Gasteiger charge is -2.44. The first-order valence-electron chi connectivity index (χ1n) is 7.89. The Morgan fingerprint density at radius 3 is 2.89 bits per heavy atom. The number of hydrogen-bond acceptors (Lipinski definition) is 4. The molecule has 4 aliphatic heterocycles. The Bertz CT molecular complexity index is 446. The molecule has 1 aliphatic carbocycles. The second-order valence-corrected chi connectivity index (χ2v) is 10.5. The number of likely N-dealkylation sites (tertiary alicyclic amines) is 1. The molecule has 2 bridgehead atoms. The van der Waals surface area contributed by atoms with Crippen LogP contribution in [0.2, 0.25) is 0 Å². The first kappa shape index (κ1) is 12.2. The molecule has 4 heterocycles. The van der Waals surface area contributed by atoms with Crippen LogP contribution in [0.3, 0.4) is 0 Å². The maximum Gasteiger partial charge on any atom is 0.125 e. The summed E-state index contributed by atoms with van der Waals surface area (Å²) in [5.74, 6) is 3.51. The van der Waals surface area contributed by atoms with Crippen molar-refractivity contribution in [1.29, 1.82) is 0 Å². The van der Waals surface area contributed by atoms with Crippen molar-refractivity contribution in [1.82, 2.24) is 4.90 Å². The van der Waals surface area contributed by atoms with Crippen LogP contribution in [0.25, 0.3) is 0 Å². The molecular weight excluding hydrogens is 274 g/mol. The molecule has 5 aliphatic rings. The van der Waals surface area contributed by atoms with E-state index in [-0.39, 0.29) is 10.7 Å². The van der Waals surface area contributed by atoms with Crippen molar-refractivity contribution in [3.8, 4) is 0 Å². The molecule has 0 aromatic heterocycles. The van der Waals surface area contributed by atoms with Gasteiger partial charge in [0.15, 0.2) is 0 Å². The fraction of sp³-hybridized carbons (Fsp3) is 1.00. The lowest BCUT2D eigenvalue weighted by molar-refractivity contribution is -0.138. The van der Waals surface area contributed by atoms with Crippen molar-refractivity contribution in [2.24, 2.45) is 23.7 Å². The normalized spacial score (nSPS) is 64.6. The maximum atomic E-state index is 6.77. The van der Waals surface area contributed by atoms with Gasteiger partial charge in [-0.05, 0) is 38.5 Å².